The van der Waals surface area contributed by atoms with E-state index in [0.717, 1.165) is 11.4 Å². The molecule has 1 rings (SSSR count). The van der Waals surface area contributed by atoms with Crippen molar-refractivity contribution in [3.05, 3.63) is 18.6 Å². The molecule has 0 spiro atoms. The van der Waals surface area contributed by atoms with E-state index in [-0.39, 0.29) is 11.1 Å². The molecule has 0 aromatic carbocycles. The van der Waals surface area contributed by atoms with E-state index in [2.05, 4.69) is 9.97 Å². The molecule has 70 valence electrons. The minimum absolute atomic E-state index is 0.0108. The highest BCUT2D eigenvalue weighted by Crippen LogP contribution is 2.21. The molecular weight excluding hydrogens is 184 g/mol. The summed E-state index contributed by atoms with van der Waals surface area (Å²) in [6, 6.07) is 0. The monoisotopic (exact) mass is 196 g/mol. The van der Waals surface area contributed by atoms with Crippen LogP contribution in [0.1, 0.15) is 13.3 Å². The summed E-state index contributed by atoms with van der Waals surface area (Å²) in [6.07, 6.45) is 5.76. The van der Waals surface area contributed by atoms with Gasteiger partial charge in [0.1, 0.15) is 10.9 Å². The van der Waals surface area contributed by atoms with Crippen LogP contribution in [-0.4, -0.2) is 21.1 Å². The fourth-order valence-electron chi connectivity index (χ4n) is 0.859. The zero-order chi connectivity index (χ0) is 9.68. The number of nitrogens with zero attached hydrogens (tertiary/aromatic N) is 2. The van der Waals surface area contributed by atoms with Crippen LogP contribution in [0, 0.1) is 5.41 Å². The minimum atomic E-state index is 0.0108. The highest BCUT2D eigenvalue weighted by molar-refractivity contribution is 8.00. The Kier molecular flexibility index (Phi) is 3.70. The van der Waals surface area contributed by atoms with Crippen LogP contribution in [0.25, 0.3) is 0 Å². The molecule has 1 aromatic rings. The molecule has 0 aliphatic heterocycles. The van der Waals surface area contributed by atoms with Gasteiger partial charge in [-0.1, -0.05) is 18.7 Å². The fourth-order valence-corrected chi connectivity index (χ4v) is 1.69. The van der Waals surface area contributed by atoms with E-state index in [1.165, 1.54) is 11.8 Å². The van der Waals surface area contributed by atoms with Crippen molar-refractivity contribution < 1.29 is 0 Å². The number of thioether (sulfide) groups is 1. The highest BCUT2D eigenvalue weighted by atomic mass is 32.2. The summed E-state index contributed by atoms with van der Waals surface area (Å²) in [5.41, 5.74) is 5.41. The summed E-state index contributed by atoms with van der Waals surface area (Å²) in [7, 11) is 0. The molecule has 0 fully saturated rings. The lowest BCUT2D eigenvalue weighted by Gasteiger charge is -2.10. The van der Waals surface area contributed by atoms with Gasteiger partial charge in [-0.2, -0.15) is 0 Å². The molecule has 1 atom stereocenters. The normalized spacial score (nSPS) is 12.4. The molecule has 0 bridgehead atoms. The van der Waals surface area contributed by atoms with Gasteiger partial charge in [0, 0.05) is 12.4 Å². The van der Waals surface area contributed by atoms with Crippen molar-refractivity contribution in [3.8, 4) is 0 Å². The highest BCUT2D eigenvalue weighted by Gasteiger charge is 2.11. The number of nitrogens with two attached hydrogens (primary N) is 1. The Balaban J connectivity index is 2.62. The number of nitrogens with one attached hydrogen (secondary N) is 1. The first-order chi connectivity index (χ1) is 6.24. The predicted octanol–water partition coefficient (Wildman–Crippen LogP) is 1.28. The van der Waals surface area contributed by atoms with Gasteiger partial charge < -0.3 is 5.73 Å². The van der Waals surface area contributed by atoms with E-state index >= 15 is 0 Å². The van der Waals surface area contributed by atoms with E-state index in [0.29, 0.717) is 0 Å². The maximum Gasteiger partial charge on any atom is 0.115 e. The van der Waals surface area contributed by atoms with Gasteiger partial charge in [0.05, 0.1) is 11.4 Å². The van der Waals surface area contributed by atoms with Gasteiger partial charge in [0.15, 0.2) is 0 Å². The standard InChI is InChI=1S/C8H12N4S/c1-2-6(8(9)10)13-7-5-11-3-4-12-7/h3-6H,2H2,1H3,(H3,9,10). The lowest BCUT2D eigenvalue weighted by atomic mass is 10.3. The van der Waals surface area contributed by atoms with Crippen LogP contribution >= 0.6 is 11.8 Å². The van der Waals surface area contributed by atoms with E-state index in [4.69, 9.17) is 11.1 Å². The van der Waals surface area contributed by atoms with Crippen molar-refractivity contribution in [2.45, 2.75) is 23.6 Å². The van der Waals surface area contributed by atoms with E-state index in [9.17, 15) is 0 Å². The molecule has 0 aliphatic rings. The van der Waals surface area contributed by atoms with Crippen LogP contribution < -0.4 is 5.73 Å². The number of hydrogen-bond donors (Lipinski definition) is 2. The van der Waals surface area contributed by atoms with E-state index in [1.54, 1.807) is 18.6 Å². The first-order valence-corrected chi connectivity index (χ1v) is 4.88. The minimum Gasteiger partial charge on any atom is -0.387 e. The lowest BCUT2D eigenvalue weighted by molar-refractivity contribution is 0.976. The van der Waals surface area contributed by atoms with Crippen molar-refractivity contribution in [1.29, 1.82) is 5.41 Å². The summed E-state index contributed by atoms with van der Waals surface area (Å²) in [6.45, 7) is 2.00. The molecule has 13 heavy (non-hydrogen) atoms. The second-order valence-corrected chi connectivity index (χ2v) is 3.74. The maximum atomic E-state index is 7.31. The number of hydrogen-bond acceptors (Lipinski definition) is 4. The molecule has 5 heteroatoms. The number of rotatable bonds is 4. The zero-order valence-electron chi connectivity index (χ0n) is 7.40. The van der Waals surface area contributed by atoms with Crippen molar-refractivity contribution in [3.63, 3.8) is 0 Å². The topological polar surface area (TPSA) is 75.7 Å². The first kappa shape index (κ1) is 9.98. The van der Waals surface area contributed by atoms with Crippen molar-refractivity contribution >= 4 is 17.6 Å². The molecule has 0 saturated carbocycles. The Hall–Kier alpha value is -1.10. The number of aromatic nitrogens is 2. The van der Waals surface area contributed by atoms with Crippen LogP contribution in [0.4, 0.5) is 0 Å². The fraction of sp³-hybridized carbons (Fsp3) is 0.375. The lowest BCUT2D eigenvalue weighted by Crippen LogP contribution is -2.24. The predicted molar refractivity (Wildman–Crippen MR) is 53.9 cm³/mol. The Morgan fingerprint density at radius 1 is 1.69 bits per heavy atom. The van der Waals surface area contributed by atoms with E-state index < -0.39 is 0 Å². The summed E-state index contributed by atoms with van der Waals surface area (Å²) < 4.78 is 0. The summed E-state index contributed by atoms with van der Waals surface area (Å²) in [5.74, 6) is 0.193. The molecule has 1 unspecified atom stereocenters. The molecule has 0 amide bonds. The molecule has 0 saturated heterocycles. The second-order valence-electron chi connectivity index (χ2n) is 2.51. The van der Waals surface area contributed by atoms with Crippen LogP contribution in [0.15, 0.2) is 23.6 Å². The van der Waals surface area contributed by atoms with Gasteiger partial charge >= 0.3 is 0 Å². The van der Waals surface area contributed by atoms with Crippen LogP contribution in [0.2, 0.25) is 0 Å². The zero-order valence-corrected chi connectivity index (χ0v) is 8.21. The molecule has 3 N–H and O–H groups in total. The molecule has 0 radical (unpaired) electrons. The third kappa shape index (κ3) is 3.02. The average molecular weight is 196 g/mol. The first-order valence-electron chi connectivity index (χ1n) is 4.00. The van der Waals surface area contributed by atoms with Crippen molar-refractivity contribution in [2.24, 2.45) is 5.73 Å². The van der Waals surface area contributed by atoms with Crippen LogP contribution in [0.3, 0.4) is 0 Å². The van der Waals surface area contributed by atoms with Crippen LogP contribution in [0.5, 0.6) is 0 Å². The third-order valence-electron chi connectivity index (χ3n) is 1.52. The largest absolute Gasteiger partial charge is 0.387 e. The molecular formula is C8H12N4S. The van der Waals surface area contributed by atoms with Gasteiger partial charge in [-0.05, 0) is 6.42 Å². The summed E-state index contributed by atoms with van der Waals surface area (Å²) >= 11 is 1.47. The molecule has 0 aliphatic carbocycles. The van der Waals surface area contributed by atoms with Gasteiger partial charge in [0.2, 0.25) is 0 Å². The Morgan fingerprint density at radius 3 is 2.92 bits per heavy atom. The number of amidine groups is 1. The second kappa shape index (κ2) is 4.81. The SMILES string of the molecule is CCC(Sc1cnccn1)C(=N)N. The third-order valence-corrected chi connectivity index (χ3v) is 2.84. The molecule has 4 nitrogen and oxygen atoms in total. The smallest absolute Gasteiger partial charge is 0.115 e. The Labute approximate surface area is 81.5 Å². The Bertz CT molecular complexity index is 275. The van der Waals surface area contributed by atoms with Crippen molar-refractivity contribution in [1.82, 2.24) is 9.97 Å². The quantitative estimate of drug-likeness (QED) is 0.432. The van der Waals surface area contributed by atoms with Gasteiger partial charge in [-0.25, -0.2) is 4.98 Å². The van der Waals surface area contributed by atoms with Gasteiger partial charge in [-0.15, -0.1) is 0 Å². The molecule has 1 aromatic heterocycles. The molecule has 1 heterocycles. The Morgan fingerprint density at radius 2 is 2.46 bits per heavy atom. The van der Waals surface area contributed by atoms with Crippen LogP contribution in [-0.2, 0) is 0 Å². The maximum absolute atomic E-state index is 7.31. The summed E-state index contributed by atoms with van der Waals surface area (Å²) in [4.78, 5) is 8.03. The van der Waals surface area contributed by atoms with E-state index in [1.807, 2.05) is 6.92 Å². The average Bonchev–Trinajstić information content (AvgIpc) is 2.15. The van der Waals surface area contributed by atoms with Crippen molar-refractivity contribution in [2.75, 3.05) is 0 Å². The van der Waals surface area contributed by atoms with Gasteiger partial charge in [0.25, 0.3) is 0 Å². The van der Waals surface area contributed by atoms with Gasteiger partial charge in [-0.3, -0.25) is 10.4 Å². The summed E-state index contributed by atoms with van der Waals surface area (Å²) in [5, 5.41) is 8.13.